The third-order valence-electron chi connectivity index (χ3n) is 3.26. The van der Waals surface area contributed by atoms with Gasteiger partial charge in [0.25, 0.3) is 0 Å². The lowest BCUT2D eigenvalue weighted by Gasteiger charge is -2.07. The number of nitrogens with one attached hydrogen (secondary N) is 1. The van der Waals surface area contributed by atoms with Gasteiger partial charge in [-0.2, -0.15) is 10.1 Å². The lowest BCUT2D eigenvalue weighted by atomic mass is 10.2. The van der Waals surface area contributed by atoms with Crippen molar-refractivity contribution in [1.82, 2.24) is 9.97 Å². The van der Waals surface area contributed by atoms with Gasteiger partial charge in [-0.15, -0.1) is 0 Å². The number of aromatic nitrogens is 2. The molecule has 0 saturated carbocycles. The summed E-state index contributed by atoms with van der Waals surface area (Å²) in [6.07, 6.45) is 1.52. The van der Waals surface area contributed by atoms with E-state index >= 15 is 0 Å². The molecule has 3 rings (SSSR count). The molecule has 0 aliphatic rings. The van der Waals surface area contributed by atoms with Crippen LogP contribution in [0.15, 0.2) is 65.8 Å². The molecule has 6 nitrogen and oxygen atoms in total. The van der Waals surface area contributed by atoms with Crippen molar-refractivity contribution in [1.29, 1.82) is 0 Å². The fourth-order valence-corrected chi connectivity index (χ4v) is 2.07. The Balaban J connectivity index is 1.84. The van der Waals surface area contributed by atoms with Crippen LogP contribution >= 0.6 is 0 Å². The number of benzene rings is 2. The summed E-state index contributed by atoms with van der Waals surface area (Å²) in [6.45, 7) is 0. The number of phenols is 1. The second-order valence-electron chi connectivity index (χ2n) is 4.91. The molecule has 0 aliphatic heterocycles. The second kappa shape index (κ2) is 7.23. The average Bonchev–Trinajstić information content (AvgIpc) is 2.64. The summed E-state index contributed by atoms with van der Waals surface area (Å²) in [5, 5.41) is 13.8. The molecule has 0 spiro atoms. The molecule has 0 amide bonds. The minimum atomic E-state index is 0.160. The Morgan fingerprint density at radius 1 is 1.04 bits per heavy atom. The third kappa shape index (κ3) is 3.67. The molecule has 1 heterocycles. The van der Waals surface area contributed by atoms with Crippen LogP contribution in [0.25, 0.3) is 11.4 Å². The van der Waals surface area contributed by atoms with Gasteiger partial charge in [0.05, 0.1) is 13.3 Å². The first-order chi connectivity index (χ1) is 11.8. The van der Waals surface area contributed by atoms with Crippen LogP contribution in [0.3, 0.4) is 0 Å². The fraction of sp³-hybridized carbons (Fsp3) is 0.0556. The summed E-state index contributed by atoms with van der Waals surface area (Å²) in [6, 6.07) is 18.2. The van der Waals surface area contributed by atoms with Gasteiger partial charge in [0, 0.05) is 17.2 Å². The Bertz CT molecular complexity index is 851. The van der Waals surface area contributed by atoms with Crippen LogP contribution in [0.4, 0.5) is 5.82 Å². The van der Waals surface area contributed by atoms with Crippen LogP contribution in [0.2, 0.25) is 0 Å². The number of methoxy groups -OCH3 is 1. The Morgan fingerprint density at radius 3 is 2.54 bits per heavy atom. The zero-order valence-corrected chi connectivity index (χ0v) is 13.0. The number of hydrogen-bond acceptors (Lipinski definition) is 6. The van der Waals surface area contributed by atoms with E-state index < -0.39 is 0 Å². The highest BCUT2D eigenvalue weighted by atomic mass is 16.5. The maximum atomic E-state index is 9.72. The Hall–Kier alpha value is -3.41. The van der Waals surface area contributed by atoms with Gasteiger partial charge in [0.15, 0.2) is 11.6 Å². The summed E-state index contributed by atoms with van der Waals surface area (Å²) in [7, 11) is 1.55. The third-order valence-corrected chi connectivity index (χ3v) is 3.26. The molecular formula is C18H16N4O2. The van der Waals surface area contributed by atoms with E-state index in [2.05, 4.69) is 20.5 Å². The molecule has 2 aromatic carbocycles. The summed E-state index contributed by atoms with van der Waals surface area (Å²) < 4.78 is 5.22. The summed E-state index contributed by atoms with van der Waals surface area (Å²) in [5.41, 5.74) is 4.32. The van der Waals surface area contributed by atoms with E-state index in [1.165, 1.54) is 6.21 Å². The molecule has 0 bridgehead atoms. The molecule has 0 radical (unpaired) electrons. The topological polar surface area (TPSA) is 79.6 Å². The van der Waals surface area contributed by atoms with E-state index in [-0.39, 0.29) is 5.75 Å². The smallest absolute Gasteiger partial charge is 0.218 e. The first kappa shape index (κ1) is 15.5. The van der Waals surface area contributed by atoms with E-state index in [0.717, 1.165) is 5.56 Å². The van der Waals surface area contributed by atoms with Gasteiger partial charge in [-0.1, -0.05) is 42.5 Å². The highest BCUT2D eigenvalue weighted by Crippen LogP contribution is 2.21. The number of nitrogens with zero attached hydrogens (tertiary/aromatic N) is 3. The van der Waals surface area contributed by atoms with Crippen molar-refractivity contribution in [3.63, 3.8) is 0 Å². The SMILES string of the molecule is COc1cc(NN=Cc2ccccc2O)nc(-c2ccccc2)n1. The monoisotopic (exact) mass is 320 g/mol. The second-order valence-corrected chi connectivity index (χ2v) is 4.91. The molecule has 0 aliphatic carbocycles. The molecule has 3 aromatic rings. The minimum Gasteiger partial charge on any atom is -0.507 e. The number of anilines is 1. The molecule has 6 heteroatoms. The Labute approximate surface area is 139 Å². The van der Waals surface area contributed by atoms with Crippen molar-refractivity contribution in [2.24, 2.45) is 5.10 Å². The van der Waals surface area contributed by atoms with Gasteiger partial charge >= 0.3 is 0 Å². The van der Waals surface area contributed by atoms with E-state index in [9.17, 15) is 5.11 Å². The highest BCUT2D eigenvalue weighted by Gasteiger charge is 2.06. The first-order valence-corrected chi connectivity index (χ1v) is 7.32. The number of para-hydroxylation sites is 1. The van der Waals surface area contributed by atoms with E-state index in [0.29, 0.717) is 23.1 Å². The maximum absolute atomic E-state index is 9.72. The van der Waals surface area contributed by atoms with Gasteiger partial charge < -0.3 is 9.84 Å². The Kier molecular flexibility index (Phi) is 4.67. The predicted octanol–water partition coefficient (Wildman–Crippen LogP) is 3.30. The summed E-state index contributed by atoms with van der Waals surface area (Å²) in [5.74, 6) is 1.62. The van der Waals surface area contributed by atoms with Crippen molar-refractivity contribution < 1.29 is 9.84 Å². The first-order valence-electron chi connectivity index (χ1n) is 7.32. The van der Waals surface area contributed by atoms with Gasteiger partial charge in [0.2, 0.25) is 5.88 Å². The van der Waals surface area contributed by atoms with E-state index in [4.69, 9.17) is 4.74 Å². The molecule has 0 atom stereocenters. The quantitative estimate of drug-likeness (QED) is 0.557. The summed E-state index contributed by atoms with van der Waals surface area (Å²) >= 11 is 0. The summed E-state index contributed by atoms with van der Waals surface area (Å²) in [4.78, 5) is 8.76. The number of rotatable bonds is 5. The van der Waals surface area contributed by atoms with Crippen LogP contribution in [0, 0.1) is 0 Å². The Morgan fingerprint density at radius 2 is 1.79 bits per heavy atom. The van der Waals surface area contributed by atoms with Crippen molar-refractivity contribution in [2.75, 3.05) is 12.5 Å². The number of hydrogen-bond donors (Lipinski definition) is 2. The van der Waals surface area contributed by atoms with Crippen LogP contribution in [0.1, 0.15) is 5.56 Å². The van der Waals surface area contributed by atoms with Crippen molar-refractivity contribution in [3.05, 3.63) is 66.2 Å². The van der Waals surface area contributed by atoms with Crippen molar-refractivity contribution >= 4 is 12.0 Å². The van der Waals surface area contributed by atoms with Crippen LogP contribution in [-0.2, 0) is 0 Å². The minimum absolute atomic E-state index is 0.160. The average molecular weight is 320 g/mol. The normalized spacial score (nSPS) is 10.7. The molecule has 2 N–H and O–H groups in total. The predicted molar refractivity (Wildman–Crippen MR) is 93.3 cm³/mol. The molecule has 0 saturated heterocycles. The van der Waals surface area contributed by atoms with Gasteiger partial charge in [-0.25, -0.2) is 4.98 Å². The zero-order chi connectivity index (χ0) is 16.8. The molecular weight excluding hydrogens is 304 g/mol. The van der Waals surface area contributed by atoms with Gasteiger partial charge in [-0.05, 0) is 12.1 Å². The lowest BCUT2D eigenvalue weighted by Crippen LogP contribution is -1.99. The molecule has 24 heavy (non-hydrogen) atoms. The number of hydrazone groups is 1. The van der Waals surface area contributed by atoms with Crippen molar-refractivity contribution in [3.8, 4) is 23.0 Å². The van der Waals surface area contributed by atoms with Gasteiger partial charge in [0.1, 0.15) is 5.75 Å². The van der Waals surface area contributed by atoms with Crippen molar-refractivity contribution in [2.45, 2.75) is 0 Å². The van der Waals surface area contributed by atoms with Crippen LogP contribution in [-0.4, -0.2) is 28.4 Å². The van der Waals surface area contributed by atoms with E-state index in [1.807, 2.05) is 36.4 Å². The number of aromatic hydroxyl groups is 1. The van der Waals surface area contributed by atoms with Gasteiger partial charge in [-0.3, -0.25) is 5.43 Å². The number of ether oxygens (including phenoxy) is 1. The van der Waals surface area contributed by atoms with Crippen LogP contribution < -0.4 is 10.2 Å². The standard InChI is InChI=1S/C18H16N4O2/c1-24-17-11-16(20-18(21-17)13-7-3-2-4-8-13)22-19-12-14-9-5-6-10-15(14)23/h2-12,23H,1H3,(H,20,21,22). The lowest BCUT2D eigenvalue weighted by molar-refractivity contribution is 0.398. The highest BCUT2D eigenvalue weighted by molar-refractivity contribution is 5.83. The molecule has 0 fully saturated rings. The molecule has 1 aromatic heterocycles. The largest absolute Gasteiger partial charge is 0.507 e. The van der Waals surface area contributed by atoms with E-state index in [1.54, 1.807) is 31.4 Å². The van der Waals surface area contributed by atoms with Crippen LogP contribution in [0.5, 0.6) is 11.6 Å². The molecule has 0 unspecified atom stereocenters. The fourth-order valence-electron chi connectivity index (χ4n) is 2.07. The number of phenolic OH excluding ortho intramolecular Hbond substituents is 1. The zero-order valence-electron chi connectivity index (χ0n) is 13.0. The molecule has 120 valence electrons. The maximum Gasteiger partial charge on any atom is 0.218 e.